The van der Waals surface area contributed by atoms with Crippen molar-refractivity contribution < 1.29 is 4.74 Å². The zero-order valence-electron chi connectivity index (χ0n) is 13.1. The number of benzene rings is 3. The van der Waals surface area contributed by atoms with Gasteiger partial charge in [-0.15, -0.1) is 0 Å². The molecule has 0 unspecified atom stereocenters. The predicted octanol–water partition coefficient (Wildman–Crippen LogP) is 4.01. The van der Waals surface area contributed by atoms with Gasteiger partial charge in [-0.2, -0.15) is 0 Å². The molecule has 0 saturated heterocycles. The summed E-state index contributed by atoms with van der Waals surface area (Å²) in [6.07, 6.45) is 0. The van der Waals surface area contributed by atoms with Crippen molar-refractivity contribution in [3.8, 4) is 0 Å². The first-order valence-corrected chi connectivity index (χ1v) is 10.6. The molecule has 0 bridgehead atoms. The maximum atomic E-state index is 7.35. The van der Waals surface area contributed by atoms with Crippen molar-refractivity contribution in [2.45, 2.75) is 6.61 Å². The molecule has 23 heavy (non-hydrogen) atoms. The number of halogens is 1. The van der Waals surface area contributed by atoms with Crippen LogP contribution in [0.5, 0.6) is 0 Å². The van der Waals surface area contributed by atoms with E-state index in [0.717, 1.165) is 5.56 Å². The molecule has 0 amide bonds. The average molecular weight is 343 g/mol. The molecule has 0 N–H and O–H groups in total. The van der Waals surface area contributed by atoms with E-state index >= 15 is 0 Å². The fraction of sp³-hybridized carbons (Fsp3) is 0.100. The number of hydrogen-bond acceptors (Lipinski definition) is 1. The van der Waals surface area contributed by atoms with Crippen molar-refractivity contribution in [1.29, 1.82) is 0 Å². The van der Waals surface area contributed by atoms with Crippen LogP contribution in [0.15, 0.2) is 84.9 Å². The molecule has 0 aliphatic carbocycles. The van der Waals surface area contributed by atoms with Crippen LogP contribution in [-0.2, 0) is 11.3 Å². The molecule has 0 fully saturated rings. The topological polar surface area (TPSA) is 9.23 Å². The molecule has 3 rings (SSSR count). The van der Waals surface area contributed by atoms with Crippen molar-refractivity contribution in [2.24, 2.45) is 0 Å². The first-order chi connectivity index (χ1) is 11.2. The molecule has 0 aliphatic heterocycles. The van der Waals surface area contributed by atoms with Gasteiger partial charge in [-0.1, -0.05) is 0 Å². The second-order valence-electron chi connectivity index (χ2n) is 5.52. The van der Waals surface area contributed by atoms with Crippen LogP contribution in [0.25, 0.3) is 0 Å². The third-order valence-corrected chi connectivity index (χ3v) is 9.36. The molecule has 0 spiro atoms. The van der Waals surface area contributed by atoms with E-state index in [4.69, 9.17) is 16.0 Å². The Balaban J connectivity index is 2.13. The molecular weight excluding hydrogens is 323 g/mol. The van der Waals surface area contributed by atoms with Gasteiger partial charge in [0.1, 0.15) is 0 Å². The van der Waals surface area contributed by atoms with E-state index in [1.165, 1.54) is 15.9 Å². The minimum atomic E-state index is -2.49. The Bertz CT molecular complexity index is 702. The van der Waals surface area contributed by atoms with Gasteiger partial charge in [-0.25, -0.2) is 0 Å². The number of methoxy groups -OCH3 is 1. The fourth-order valence-corrected chi connectivity index (χ4v) is 6.90. The monoisotopic (exact) mass is 342 g/mol. The molecule has 3 aromatic rings. The third-order valence-electron chi connectivity index (χ3n) is 4.01. The van der Waals surface area contributed by atoms with E-state index in [-0.39, 0.29) is 0 Å². The van der Waals surface area contributed by atoms with Crippen LogP contribution in [0.4, 0.5) is 0 Å². The van der Waals surface area contributed by atoms with Gasteiger partial charge in [0.15, 0.2) is 0 Å². The summed E-state index contributed by atoms with van der Waals surface area (Å²) in [6, 6.07) is 29.3. The fourth-order valence-electron chi connectivity index (χ4n) is 2.83. The van der Waals surface area contributed by atoms with Crippen LogP contribution in [0.2, 0.25) is 0 Å². The van der Waals surface area contributed by atoms with Crippen molar-refractivity contribution in [1.82, 2.24) is 0 Å². The van der Waals surface area contributed by atoms with Gasteiger partial charge in [-0.05, 0) is 0 Å². The first-order valence-electron chi connectivity index (χ1n) is 7.63. The Morgan fingerprint density at radius 2 is 1.13 bits per heavy atom. The molecule has 0 atom stereocenters. The molecule has 1 nitrogen and oxygen atoms in total. The van der Waals surface area contributed by atoms with E-state index in [1.807, 2.05) is 12.1 Å². The van der Waals surface area contributed by atoms with Gasteiger partial charge < -0.3 is 0 Å². The van der Waals surface area contributed by atoms with Crippen LogP contribution >= 0.6 is 17.9 Å². The molecule has 3 heteroatoms. The average Bonchev–Trinajstić information content (AvgIpc) is 2.63. The minimum absolute atomic E-state index is 0.619. The van der Waals surface area contributed by atoms with E-state index < -0.39 is 6.62 Å². The van der Waals surface area contributed by atoms with Crippen molar-refractivity contribution >= 4 is 33.8 Å². The zero-order chi connectivity index (χ0) is 16.1. The van der Waals surface area contributed by atoms with Gasteiger partial charge in [0.2, 0.25) is 0 Å². The van der Waals surface area contributed by atoms with Gasteiger partial charge in [0.05, 0.1) is 0 Å². The SMILES string of the molecule is COCc1ccc([PH](Cl)(c2ccccc2)c2ccccc2)cc1. The van der Waals surface area contributed by atoms with Gasteiger partial charge in [0.25, 0.3) is 0 Å². The van der Waals surface area contributed by atoms with Crippen molar-refractivity contribution in [3.05, 3.63) is 90.5 Å². The molecule has 0 aromatic heterocycles. The molecule has 118 valence electrons. The summed E-state index contributed by atoms with van der Waals surface area (Å²) >= 11 is 7.35. The molecule has 3 aromatic carbocycles. The Hall–Kier alpha value is -1.66. The second-order valence-corrected chi connectivity index (χ2v) is 10.3. The zero-order valence-corrected chi connectivity index (χ0v) is 14.8. The molecule has 0 radical (unpaired) electrons. The summed E-state index contributed by atoms with van der Waals surface area (Å²) in [5.74, 6) is 0. The molecule has 0 heterocycles. The Labute approximate surface area is 143 Å². The Morgan fingerprint density at radius 1 is 0.696 bits per heavy atom. The molecule has 0 saturated carbocycles. The predicted molar refractivity (Wildman–Crippen MR) is 103 cm³/mol. The van der Waals surface area contributed by atoms with Crippen LogP contribution in [0.1, 0.15) is 5.56 Å². The van der Waals surface area contributed by atoms with Crippen LogP contribution in [-0.4, -0.2) is 7.11 Å². The van der Waals surface area contributed by atoms with Crippen LogP contribution in [0, 0.1) is 0 Å². The van der Waals surface area contributed by atoms with Gasteiger partial charge in [-0.3, -0.25) is 0 Å². The summed E-state index contributed by atoms with van der Waals surface area (Å²) in [5, 5.41) is 3.59. The van der Waals surface area contributed by atoms with Crippen molar-refractivity contribution in [3.63, 3.8) is 0 Å². The first kappa shape index (κ1) is 16.2. The maximum absolute atomic E-state index is 7.35. The number of ether oxygens (including phenoxy) is 1. The van der Waals surface area contributed by atoms with E-state index in [9.17, 15) is 0 Å². The van der Waals surface area contributed by atoms with E-state index in [1.54, 1.807) is 7.11 Å². The summed E-state index contributed by atoms with van der Waals surface area (Å²) < 4.78 is 5.20. The third kappa shape index (κ3) is 3.33. The Kier molecular flexibility index (Phi) is 5.13. The van der Waals surface area contributed by atoms with E-state index in [2.05, 4.69) is 72.8 Å². The molecule has 0 aliphatic rings. The van der Waals surface area contributed by atoms with Crippen molar-refractivity contribution in [2.75, 3.05) is 7.11 Å². The Morgan fingerprint density at radius 3 is 1.57 bits per heavy atom. The number of rotatable bonds is 5. The van der Waals surface area contributed by atoms with E-state index in [0.29, 0.717) is 6.61 Å². The van der Waals surface area contributed by atoms with Crippen LogP contribution in [0.3, 0.4) is 0 Å². The standard InChI is InChI=1S/C20H20ClOP/c1-22-16-17-12-14-20(15-13-17)23(21,18-8-4-2-5-9-18)19-10-6-3-7-11-19/h2-15,23H,16H2,1H3. The van der Waals surface area contributed by atoms with Crippen LogP contribution < -0.4 is 15.9 Å². The number of hydrogen-bond donors (Lipinski definition) is 0. The summed E-state index contributed by atoms with van der Waals surface area (Å²) in [6.45, 7) is -1.87. The van der Waals surface area contributed by atoms with Gasteiger partial charge in [0, 0.05) is 0 Å². The summed E-state index contributed by atoms with van der Waals surface area (Å²) in [7, 11) is 1.71. The summed E-state index contributed by atoms with van der Waals surface area (Å²) in [5.41, 5.74) is 1.16. The quantitative estimate of drug-likeness (QED) is 0.636. The summed E-state index contributed by atoms with van der Waals surface area (Å²) in [4.78, 5) is 0. The normalized spacial score (nSPS) is 12.1. The molecular formula is C20H20ClOP. The van der Waals surface area contributed by atoms with Gasteiger partial charge >= 0.3 is 143 Å². The second kappa shape index (κ2) is 7.27.